The van der Waals surface area contributed by atoms with Gasteiger partial charge in [-0.1, -0.05) is 6.07 Å². The Hall–Kier alpha value is -1.06. The highest BCUT2D eigenvalue weighted by Crippen LogP contribution is 2.26. The van der Waals surface area contributed by atoms with Crippen molar-refractivity contribution in [3.05, 3.63) is 29.3 Å². The maximum Gasteiger partial charge on any atom is 0.0393 e. The van der Waals surface area contributed by atoms with Crippen molar-refractivity contribution >= 4 is 5.69 Å². The topological polar surface area (TPSA) is 18.5 Å². The fourth-order valence-electron chi connectivity index (χ4n) is 3.28. The lowest BCUT2D eigenvalue weighted by molar-refractivity contribution is 0.204. The number of fused-ring (bicyclic) bond motifs is 1. The van der Waals surface area contributed by atoms with Crippen LogP contribution in [0.15, 0.2) is 18.2 Å². The van der Waals surface area contributed by atoms with Gasteiger partial charge in [-0.2, -0.15) is 0 Å². The molecule has 1 unspecified atom stereocenters. The summed E-state index contributed by atoms with van der Waals surface area (Å²) in [6.45, 7) is 4.48. The smallest absolute Gasteiger partial charge is 0.0393 e. The second-order valence-electron chi connectivity index (χ2n) is 6.03. The molecule has 1 saturated heterocycles. The molecular weight excluding hydrogens is 234 g/mol. The van der Waals surface area contributed by atoms with E-state index in [4.69, 9.17) is 0 Å². The second kappa shape index (κ2) is 5.51. The van der Waals surface area contributed by atoms with Crippen LogP contribution in [0.5, 0.6) is 0 Å². The van der Waals surface area contributed by atoms with Gasteiger partial charge in [0, 0.05) is 45.0 Å². The van der Waals surface area contributed by atoms with Crippen molar-refractivity contribution in [1.29, 1.82) is 0 Å². The van der Waals surface area contributed by atoms with E-state index < -0.39 is 0 Å². The molecule has 1 aromatic rings. The Kier molecular flexibility index (Phi) is 3.76. The van der Waals surface area contributed by atoms with E-state index in [-0.39, 0.29) is 0 Å². The minimum atomic E-state index is 0.618. The molecule has 1 N–H and O–H groups in total. The normalized spacial score (nSPS) is 23.4. The minimum absolute atomic E-state index is 0.618. The summed E-state index contributed by atoms with van der Waals surface area (Å²) in [7, 11) is 4.46. The van der Waals surface area contributed by atoms with E-state index in [1.165, 1.54) is 24.9 Å². The Morgan fingerprint density at radius 1 is 1.32 bits per heavy atom. The number of hydrogen-bond donors (Lipinski definition) is 1. The maximum atomic E-state index is 3.50. The monoisotopic (exact) mass is 259 g/mol. The van der Waals surface area contributed by atoms with Crippen LogP contribution in [0.3, 0.4) is 0 Å². The van der Waals surface area contributed by atoms with E-state index in [0.717, 1.165) is 26.2 Å². The predicted octanol–water partition coefficient (Wildman–Crippen LogP) is 1.52. The zero-order valence-corrected chi connectivity index (χ0v) is 12.2. The zero-order chi connectivity index (χ0) is 13.2. The van der Waals surface area contributed by atoms with Crippen LogP contribution in [0, 0.1) is 0 Å². The summed E-state index contributed by atoms with van der Waals surface area (Å²) in [6.07, 6.45) is 3.87. The average molecular weight is 259 g/mol. The highest BCUT2D eigenvalue weighted by Gasteiger charge is 2.20. The first-order valence-electron chi connectivity index (χ1n) is 7.48. The van der Waals surface area contributed by atoms with E-state index in [1.807, 2.05) is 0 Å². The fourth-order valence-corrected chi connectivity index (χ4v) is 3.28. The van der Waals surface area contributed by atoms with E-state index in [9.17, 15) is 0 Å². The molecule has 0 amide bonds. The number of anilines is 1. The fraction of sp³-hybridized carbons (Fsp3) is 0.625. The van der Waals surface area contributed by atoms with Crippen LogP contribution in [-0.4, -0.2) is 51.2 Å². The molecule has 0 saturated carbocycles. The molecule has 0 bridgehead atoms. The van der Waals surface area contributed by atoms with Crippen molar-refractivity contribution in [3.63, 3.8) is 0 Å². The van der Waals surface area contributed by atoms with Crippen molar-refractivity contribution in [2.45, 2.75) is 25.3 Å². The lowest BCUT2D eigenvalue weighted by Gasteiger charge is -2.36. The van der Waals surface area contributed by atoms with Gasteiger partial charge in [0.25, 0.3) is 0 Å². The number of nitrogens with zero attached hydrogens (tertiary/aromatic N) is 2. The molecule has 1 heterocycles. The summed E-state index contributed by atoms with van der Waals surface area (Å²) in [5.74, 6) is 0. The standard InChI is InChI=1S/C16H25N3/c1-18-9-8-17-11-16(18)12-19(2)15-7-6-13-4-3-5-14(13)10-15/h6-7,10,16-17H,3-5,8-9,11-12H2,1-2H3. The summed E-state index contributed by atoms with van der Waals surface area (Å²) in [5, 5.41) is 3.50. The van der Waals surface area contributed by atoms with E-state index in [2.05, 4.69) is 47.4 Å². The van der Waals surface area contributed by atoms with Crippen LogP contribution in [-0.2, 0) is 12.8 Å². The van der Waals surface area contributed by atoms with E-state index in [0.29, 0.717) is 6.04 Å². The molecule has 1 fully saturated rings. The second-order valence-corrected chi connectivity index (χ2v) is 6.03. The van der Waals surface area contributed by atoms with Crippen LogP contribution < -0.4 is 10.2 Å². The van der Waals surface area contributed by atoms with E-state index >= 15 is 0 Å². The molecule has 3 heteroatoms. The molecule has 3 nitrogen and oxygen atoms in total. The number of benzene rings is 1. The Balaban J connectivity index is 1.68. The van der Waals surface area contributed by atoms with Gasteiger partial charge in [0.05, 0.1) is 0 Å². The molecular formula is C16H25N3. The molecule has 19 heavy (non-hydrogen) atoms. The molecule has 2 aliphatic rings. The molecule has 1 aliphatic carbocycles. The van der Waals surface area contributed by atoms with Crippen LogP contribution in [0.25, 0.3) is 0 Å². The maximum absolute atomic E-state index is 3.50. The Morgan fingerprint density at radius 3 is 3.00 bits per heavy atom. The number of hydrogen-bond acceptors (Lipinski definition) is 3. The molecule has 0 radical (unpaired) electrons. The third-order valence-electron chi connectivity index (χ3n) is 4.65. The molecule has 1 atom stereocenters. The van der Waals surface area contributed by atoms with Gasteiger partial charge >= 0.3 is 0 Å². The predicted molar refractivity (Wildman–Crippen MR) is 81.0 cm³/mol. The summed E-state index contributed by atoms with van der Waals surface area (Å²) in [6, 6.07) is 7.64. The molecule has 1 aromatic carbocycles. The summed E-state index contributed by atoms with van der Waals surface area (Å²) in [4.78, 5) is 4.88. The average Bonchev–Trinajstić information content (AvgIpc) is 2.88. The SMILES string of the molecule is CN(CC1CNCCN1C)c1ccc2c(c1)CCC2. The quantitative estimate of drug-likeness (QED) is 0.888. The lowest BCUT2D eigenvalue weighted by Crippen LogP contribution is -2.53. The number of aryl methyl sites for hydroxylation is 2. The minimum Gasteiger partial charge on any atom is -0.373 e. The summed E-state index contributed by atoms with van der Waals surface area (Å²) >= 11 is 0. The highest BCUT2D eigenvalue weighted by molar-refractivity contribution is 5.51. The van der Waals surface area contributed by atoms with Gasteiger partial charge in [-0.3, -0.25) is 4.90 Å². The van der Waals surface area contributed by atoms with Gasteiger partial charge in [-0.05, 0) is 49.6 Å². The number of piperazine rings is 1. The molecule has 104 valence electrons. The van der Waals surface area contributed by atoms with Crippen LogP contribution >= 0.6 is 0 Å². The van der Waals surface area contributed by atoms with Crippen LogP contribution in [0.1, 0.15) is 17.5 Å². The van der Waals surface area contributed by atoms with Gasteiger partial charge in [-0.15, -0.1) is 0 Å². The van der Waals surface area contributed by atoms with Crippen LogP contribution in [0.4, 0.5) is 5.69 Å². The highest BCUT2D eigenvalue weighted by atomic mass is 15.2. The van der Waals surface area contributed by atoms with Gasteiger partial charge in [0.2, 0.25) is 0 Å². The zero-order valence-electron chi connectivity index (χ0n) is 12.2. The van der Waals surface area contributed by atoms with Gasteiger partial charge < -0.3 is 10.2 Å². The van der Waals surface area contributed by atoms with Crippen molar-refractivity contribution < 1.29 is 0 Å². The van der Waals surface area contributed by atoms with Gasteiger partial charge in [-0.25, -0.2) is 0 Å². The number of likely N-dealkylation sites (N-methyl/N-ethyl adjacent to an activating group) is 2. The van der Waals surface area contributed by atoms with E-state index in [1.54, 1.807) is 11.1 Å². The van der Waals surface area contributed by atoms with Crippen molar-refractivity contribution in [1.82, 2.24) is 10.2 Å². The molecule has 0 aromatic heterocycles. The Morgan fingerprint density at radius 2 is 2.16 bits per heavy atom. The van der Waals surface area contributed by atoms with Crippen molar-refractivity contribution in [2.24, 2.45) is 0 Å². The summed E-state index contributed by atoms with van der Waals surface area (Å²) in [5.41, 5.74) is 4.51. The lowest BCUT2D eigenvalue weighted by atomic mass is 10.1. The summed E-state index contributed by atoms with van der Waals surface area (Å²) < 4.78 is 0. The van der Waals surface area contributed by atoms with Crippen molar-refractivity contribution in [2.75, 3.05) is 45.2 Å². The Bertz CT molecular complexity index is 444. The third-order valence-corrected chi connectivity index (χ3v) is 4.65. The van der Waals surface area contributed by atoms with Crippen LogP contribution in [0.2, 0.25) is 0 Å². The number of rotatable bonds is 3. The first kappa shape index (κ1) is 12.9. The largest absolute Gasteiger partial charge is 0.373 e. The first-order valence-corrected chi connectivity index (χ1v) is 7.48. The number of nitrogens with one attached hydrogen (secondary N) is 1. The van der Waals surface area contributed by atoms with Gasteiger partial charge in [0.15, 0.2) is 0 Å². The van der Waals surface area contributed by atoms with Crippen molar-refractivity contribution in [3.8, 4) is 0 Å². The molecule has 3 rings (SSSR count). The first-order chi connectivity index (χ1) is 9.24. The third kappa shape index (κ3) is 2.77. The molecule has 1 aliphatic heterocycles. The van der Waals surface area contributed by atoms with Gasteiger partial charge in [0.1, 0.15) is 0 Å². The molecule has 0 spiro atoms. The Labute approximate surface area is 116 Å².